The van der Waals surface area contributed by atoms with E-state index in [0.717, 1.165) is 0 Å². The highest BCUT2D eigenvalue weighted by molar-refractivity contribution is 7.98. The summed E-state index contributed by atoms with van der Waals surface area (Å²) in [6.07, 6.45) is 3.15. The van der Waals surface area contributed by atoms with Gasteiger partial charge in [0.15, 0.2) is 11.0 Å². The summed E-state index contributed by atoms with van der Waals surface area (Å²) in [5.41, 5.74) is 0.153. The topological polar surface area (TPSA) is 81.2 Å². The molecule has 0 aliphatic carbocycles. The van der Waals surface area contributed by atoms with E-state index in [9.17, 15) is 9.59 Å². The molecule has 17 heavy (non-hydrogen) atoms. The van der Waals surface area contributed by atoms with Crippen LogP contribution in [0.4, 0.5) is 5.82 Å². The van der Waals surface area contributed by atoms with Gasteiger partial charge in [0.2, 0.25) is 5.91 Å². The molecule has 0 aliphatic rings. The van der Waals surface area contributed by atoms with Crippen LogP contribution < -0.4 is 5.32 Å². The zero-order valence-corrected chi connectivity index (χ0v) is 10.6. The molecular formula is C10H13N3O3S. The zero-order chi connectivity index (χ0) is 12.8. The number of anilines is 1. The van der Waals surface area contributed by atoms with Gasteiger partial charge in [-0.1, -0.05) is 11.8 Å². The maximum Gasteiger partial charge on any atom is 0.343 e. The normalized spacial score (nSPS) is 9.82. The molecule has 0 aliphatic heterocycles. The third-order valence-electron chi connectivity index (χ3n) is 1.74. The highest BCUT2D eigenvalue weighted by atomic mass is 32.2. The Morgan fingerprint density at radius 2 is 2.24 bits per heavy atom. The van der Waals surface area contributed by atoms with Gasteiger partial charge in [-0.3, -0.25) is 4.79 Å². The van der Waals surface area contributed by atoms with Gasteiger partial charge in [-0.15, -0.1) is 0 Å². The van der Waals surface area contributed by atoms with E-state index in [2.05, 4.69) is 15.3 Å². The lowest BCUT2D eigenvalue weighted by Gasteiger charge is -2.08. The molecule has 92 valence electrons. The molecule has 0 unspecified atom stereocenters. The van der Waals surface area contributed by atoms with E-state index in [1.807, 2.05) is 0 Å². The Hall–Kier alpha value is -1.63. The maximum absolute atomic E-state index is 11.6. The highest BCUT2D eigenvalue weighted by Crippen LogP contribution is 2.17. The smallest absolute Gasteiger partial charge is 0.343 e. The van der Waals surface area contributed by atoms with E-state index >= 15 is 0 Å². The van der Waals surface area contributed by atoms with Crippen molar-refractivity contribution in [3.63, 3.8) is 0 Å². The van der Waals surface area contributed by atoms with E-state index in [4.69, 9.17) is 4.74 Å². The minimum Gasteiger partial charge on any atom is -0.462 e. The van der Waals surface area contributed by atoms with Gasteiger partial charge in [0.1, 0.15) is 5.56 Å². The van der Waals surface area contributed by atoms with Crippen LogP contribution in [0.2, 0.25) is 0 Å². The predicted molar refractivity (Wildman–Crippen MR) is 64.1 cm³/mol. The second-order valence-electron chi connectivity index (χ2n) is 3.02. The fraction of sp³-hybridized carbons (Fsp3) is 0.400. The third kappa shape index (κ3) is 3.70. The van der Waals surface area contributed by atoms with E-state index in [0.29, 0.717) is 5.16 Å². The quantitative estimate of drug-likeness (QED) is 0.496. The first-order valence-electron chi connectivity index (χ1n) is 4.94. The van der Waals surface area contributed by atoms with Crippen molar-refractivity contribution >= 4 is 29.5 Å². The lowest BCUT2D eigenvalue weighted by atomic mass is 10.3. The minimum atomic E-state index is -0.552. The summed E-state index contributed by atoms with van der Waals surface area (Å²) in [4.78, 5) is 30.6. The number of aromatic nitrogens is 2. The van der Waals surface area contributed by atoms with Gasteiger partial charge in [0.05, 0.1) is 6.61 Å². The molecule has 7 heteroatoms. The SMILES string of the molecule is CCOC(=O)c1cnc(SC)nc1NC(C)=O. The molecule has 0 fully saturated rings. The molecule has 0 spiro atoms. The van der Waals surface area contributed by atoms with Crippen LogP contribution in [0.3, 0.4) is 0 Å². The van der Waals surface area contributed by atoms with Crippen LogP contribution in [0.15, 0.2) is 11.4 Å². The number of nitrogens with zero attached hydrogens (tertiary/aromatic N) is 2. The van der Waals surface area contributed by atoms with Crippen LogP contribution >= 0.6 is 11.8 Å². The van der Waals surface area contributed by atoms with Crippen LogP contribution in [-0.4, -0.2) is 34.7 Å². The molecule has 0 aromatic carbocycles. The summed E-state index contributed by atoms with van der Waals surface area (Å²) in [5, 5.41) is 2.96. The molecule has 0 saturated carbocycles. The summed E-state index contributed by atoms with van der Waals surface area (Å²) in [5.74, 6) is -0.680. The van der Waals surface area contributed by atoms with Crippen LogP contribution in [0.1, 0.15) is 24.2 Å². The number of carbonyl (C=O) groups is 2. The summed E-state index contributed by atoms with van der Waals surface area (Å²) >= 11 is 1.32. The Kier molecular flexibility index (Phi) is 4.89. The van der Waals surface area contributed by atoms with Crippen molar-refractivity contribution in [1.82, 2.24) is 9.97 Å². The van der Waals surface area contributed by atoms with Gasteiger partial charge >= 0.3 is 5.97 Å². The Morgan fingerprint density at radius 3 is 2.76 bits per heavy atom. The summed E-state index contributed by atoms with van der Waals surface area (Å²) in [6.45, 7) is 3.30. The van der Waals surface area contributed by atoms with Crippen molar-refractivity contribution in [2.75, 3.05) is 18.2 Å². The van der Waals surface area contributed by atoms with E-state index in [1.54, 1.807) is 13.2 Å². The first kappa shape index (κ1) is 13.4. The molecule has 0 saturated heterocycles. The van der Waals surface area contributed by atoms with Crippen LogP contribution in [0.25, 0.3) is 0 Å². The van der Waals surface area contributed by atoms with E-state index in [1.165, 1.54) is 24.9 Å². The maximum atomic E-state index is 11.6. The Balaban J connectivity index is 3.09. The number of carbonyl (C=O) groups excluding carboxylic acids is 2. The van der Waals surface area contributed by atoms with Gasteiger partial charge in [0, 0.05) is 13.1 Å². The molecule has 1 aromatic heterocycles. The molecule has 1 heterocycles. The molecule has 0 radical (unpaired) electrons. The summed E-state index contributed by atoms with van der Waals surface area (Å²) < 4.78 is 4.85. The average Bonchev–Trinajstić information content (AvgIpc) is 2.28. The van der Waals surface area contributed by atoms with Gasteiger partial charge in [0.25, 0.3) is 0 Å². The number of amides is 1. The minimum absolute atomic E-state index is 0.153. The summed E-state index contributed by atoms with van der Waals surface area (Å²) in [7, 11) is 0. The fourth-order valence-corrected chi connectivity index (χ4v) is 1.42. The molecule has 6 nitrogen and oxygen atoms in total. The van der Waals surface area contributed by atoms with Crippen molar-refractivity contribution in [3.8, 4) is 0 Å². The molecule has 1 aromatic rings. The second kappa shape index (κ2) is 6.19. The molecular weight excluding hydrogens is 242 g/mol. The van der Waals surface area contributed by atoms with Crippen molar-refractivity contribution in [3.05, 3.63) is 11.8 Å². The predicted octanol–water partition coefficient (Wildman–Crippen LogP) is 1.33. The van der Waals surface area contributed by atoms with Crippen LogP contribution in [-0.2, 0) is 9.53 Å². The zero-order valence-electron chi connectivity index (χ0n) is 9.81. The van der Waals surface area contributed by atoms with Gasteiger partial charge in [-0.25, -0.2) is 14.8 Å². The Morgan fingerprint density at radius 1 is 1.53 bits per heavy atom. The standard InChI is InChI=1S/C10H13N3O3S/c1-4-16-9(15)7-5-11-10(17-3)13-8(7)12-6(2)14/h5H,4H2,1-3H3,(H,11,12,13,14). The van der Waals surface area contributed by atoms with Crippen molar-refractivity contribution < 1.29 is 14.3 Å². The summed E-state index contributed by atoms with van der Waals surface area (Å²) in [6, 6.07) is 0. The Labute approximate surface area is 103 Å². The largest absolute Gasteiger partial charge is 0.462 e. The van der Waals surface area contributed by atoms with Gasteiger partial charge in [-0.05, 0) is 13.2 Å². The first-order chi connectivity index (χ1) is 8.08. The Bertz CT molecular complexity index is 437. The van der Waals surface area contributed by atoms with Gasteiger partial charge < -0.3 is 10.1 Å². The van der Waals surface area contributed by atoms with Crippen molar-refractivity contribution in [1.29, 1.82) is 0 Å². The van der Waals surface area contributed by atoms with E-state index < -0.39 is 5.97 Å². The van der Waals surface area contributed by atoms with Crippen molar-refractivity contribution in [2.24, 2.45) is 0 Å². The number of ether oxygens (including phenoxy) is 1. The van der Waals surface area contributed by atoms with E-state index in [-0.39, 0.29) is 23.9 Å². The molecule has 1 amide bonds. The van der Waals surface area contributed by atoms with Crippen LogP contribution in [0.5, 0.6) is 0 Å². The molecule has 1 N–H and O–H groups in total. The number of nitrogens with one attached hydrogen (secondary N) is 1. The highest BCUT2D eigenvalue weighted by Gasteiger charge is 2.16. The molecule has 0 atom stereocenters. The number of hydrogen-bond acceptors (Lipinski definition) is 6. The number of thioether (sulfide) groups is 1. The lowest BCUT2D eigenvalue weighted by Crippen LogP contribution is -2.15. The molecule has 0 bridgehead atoms. The monoisotopic (exact) mass is 255 g/mol. The fourth-order valence-electron chi connectivity index (χ4n) is 1.08. The third-order valence-corrected chi connectivity index (χ3v) is 2.30. The average molecular weight is 255 g/mol. The lowest BCUT2D eigenvalue weighted by molar-refractivity contribution is -0.114. The number of rotatable bonds is 4. The first-order valence-corrected chi connectivity index (χ1v) is 6.16. The van der Waals surface area contributed by atoms with Crippen LogP contribution in [0, 0.1) is 0 Å². The van der Waals surface area contributed by atoms with Crippen molar-refractivity contribution in [2.45, 2.75) is 19.0 Å². The molecule has 1 rings (SSSR count). The van der Waals surface area contributed by atoms with Gasteiger partial charge in [-0.2, -0.15) is 0 Å². The second-order valence-corrected chi connectivity index (χ2v) is 3.79. The number of esters is 1. The number of hydrogen-bond donors (Lipinski definition) is 1.